The number of hydrogen-bond donors (Lipinski definition) is 0. The normalized spacial score (nSPS) is 14.5. The summed E-state index contributed by atoms with van der Waals surface area (Å²) in [5.41, 5.74) is 6.46. The van der Waals surface area contributed by atoms with Gasteiger partial charge in [-0.25, -0.2) is 13.5 Å². The van der Waals surface area contributed by atoms with E-state index in [9.17, 15) is 8.78 Å². The Kier molecular flexibility index (Phi) is 8.31. The van der Waals surface area contributed by atoms with Gasteiger partial charge in [-0.3, -0.25) is 4.90 Å². The van der Waals surface area contributed by atoms with Crippen LogP contribution >= 0.6 is 0 Å². The molecule has 6 heteroatoms. The molecule has 208 valence electrons. The van der Waals surface area contributed by atoms with E-state index in [2.05, 4.69) is 56.9 Å². The first-order valence-corrected chi connectivity index (χ1v) is 14.3. The maximum Gasteiger partial charge on any atom is 0.123 e. The minimum atomic E-state index is -0.249. The Balaban J connectivity index is 1.10. The van der Waals surface area contributed by atoms with E-state index in [4.69, 9.17) is 5.10 Å². The van der Waals surface area contributed by atoms with Gasteiger partial charge in [-0.1, -0.05) is 72.8 Å². The van der Waals surface area contributed by atoms with Gasteiger partial charge >= 0.3 is 0 Å². The van der Waals surface area contributed by atoms with Gasteiger partial charge in [-0.15, -0.1) is 0 Å². The largest absolute Gasteiger partial charge is 0.301 e. The molecule has 0 aliphatic carbocycles. The molecule has 1 aliphatic rings. The number of rotatable bonds is 9. The monoisotopic (exact) mass is 548 g/mol. The fourth-order valence-electron chi connectivity index (χ4n) is 5.77. The van der Waals surface area contributed by atoms with E-state index in [0.717, 1.165) is 79.3 Å². The maximum absolute atomic E-state index is 13.7. The van der Waals surface area contributed by atoms with E-state index in [0.29, 0.717) is 0 Å². The first kappa shape index (κ1) is 27.1. The number of piperazine rings is 1. The van der Waals surface area contributed by atoms with Crippen molar-refractivity contribution in [2.45, 2.75) is 18.9 Å². The highest BCUT2D eigenvalue weighted by Gasteiger charge is 2.26. The molecule has 0 radical (unpaired) electrons. The van der Waals surface area contributed by atoms with Crippen LogP contribution in [0.3, 0.4) is 0 Å². The molecule has 0 atom stereocenters. The van der Waals surface area contributed by atoms with Crippen molar-refractivity contribution in [2.24, 2.45) is 0 Å². The highest BCUT2D eigenvalue weighted by atomic mass is 19.1. The van der Waals surface area contributed by atoms with Crippen LogP contribution in [0.1, 0.15) is 29.3 Å². The van der Waals surface area contributed by atoms with E-state index in [1.165, 1.54) is 24.3 Å². The number of halogens is 2. The molecule has 0 N–H and O–H groups in total. The Labute approximate surface area is 240 Å². The molecule has 1 aliphatic heterocycles. The number of para-hydroxylation sites is 1. The predicted octanol–water partition coefficient (Wildman–Crippen LogP) is 7.16. The number of aryl methyl sites for hydroxylation is 1. The van der Waals surface area contributed by atoms with Gasteiger partial charge in [0.05, 0.1) is 23.1 Å². The molecule has 0 bridgehead atoms. The Hall–Kier alpha value is -4.13. The third-order valence-electron chi connectivity index (χ3n) is 7.88. The van der Waals surface area contributed by atoms with E-state index in [-0.39, 0.29) is 17.7 Å². The Morgan fingerprint density at radius 3 is 1.80 bits per heavy atom. The van der Waals surface area contributed by atoms with E-state index >= 15 is 0 Å². The molecule has 0 saturated carbocycles. The summed E-state index contributed by atoms with van der Waals surface area (Å²) in [7, 11) is 0. The number of hydrogen-bond acceptors (Lipinski definition) is 3. The second-order valence-electron chi connectivity index (χ2n) is 10.6. The molecule has 4 nitrogen and oxygen atoms in total. The molecule has 1 aromatic heterocycles. The summed E-state index contributed by atoms with van der Waals surface area (Å²) in [6.45, 7) is 4.68. The molecule has 2 heterocycles. The van der Waals surface area contributed by atoms with Crippen molar-refractivity contribution in [2.75, 3.05) is 32.7 Å². The second-order valence-corrected chi connectivity index (χ2v) is 10.6. The number of nitrogens with zero attached hydrogens (tertiary/aromatic N) is 4. The summed E-state index contributed by atoms with van der Waals surface area (Å²) in [5, 5.41) is 4.99. The predicted molar refractivity (Wildman–Crippen MR) is 160 cm³/mol. The van der Waals surface area contributed by atoms with E-state index in [1.807, 2.05) is 48.5 Å². The van der Waals surface area contributed by atoms with Crippen molar-refractivity contribution >= 4 is 0 Å². The van der Waals surface area contributed by atoms with Gasteiger partial charge in [-0.2, -0.15) is 5.10 Å². The Bertz CT molecular complexity index is 1420. The number of aromatic nitrogens is 2. The zero-order valence-electron chi connectivity index (χ0n) is 23.0. The van der Waals surface area contributed by atoms with Crippen molar-refractivity contribution < 1.29 is 8.78 Å². The molecule has 1 fully saturated rings. The third kappa shape index (κ3) is 6.45. The first-order valence-electron chi connectivity index (χ1n) is 14.3. The number of benzene rings is 4. The summed E-state index contributed by atoms with van der Waals surface area (Å²) in [5.74, 6) is -0.498. The van der Waals surface area contributed by atoms with Gasteiger partial charge in [0.2, 0.25) is 0 Å². The van der Waals surface area contributed by atoms with Crippen LogP contribution in [0.5, 0.6) is 0 Å². The minimum Gasteiger partial charge on any atom is -0.301 e. The van der Waals surface area contributed by atoms with Crippen LogP contribution in [0.25, 0.3) is 16.9 Å². The van der Waals surface area contributed by atoms with Crippen molar-refractivity contribution in [3.05, 3.63) is 144 Å². The fraction of sp³-hybridized carbons (Fsp3) is 0.229. The van der Waals surface area contributed by atoms with Crippen LogP contribution in [0.15, 0.2) is 115 Å². The SMILES string of the molecule is Fc1ccc(C(c2ccc(F)cc2)N2CCN(CCCc3cc(-c4ccccc4)n(-c4ccccc4)n3)CC2)cc1. The molecule has 6 rings (SSSR count). The quantitative estimate of drug-likeness (QED) is 0.195. The zero-order valence-corrected chi connectivity index (χ0v) is 23.0. The van der Waals surface area contributed by atoms with Gasteiger partial charge in [-0.05, 0) is 73.0 Å². The molecule has 0 unspecified atom stereocenters. The fourth-order valence-corrected chi connectivity index (χ4v) is 5.77. The highest BCUT2D eigenvalue weighted by molar-refractivity contribution is 5.62. The summed E-state index contributed by atoms with van der Waals surface area (Å²) >= 11 is 0. The topological polar surface area (TPSA) is 24.3 Å². The van der Waals surface area contributed by atoms with Gasteiger partial charge < -0.3 is 4.90 Å². The van der Waals surface area contributed by atoms with Gasteiger partial charge in [0.1, 0.15) is 11.6 Å². The van der Waals surface area contributed by atoms with Gasteiger partial charge in [0.15, 0.2) is 0 Å². The average Bonchev–Trinajstić information content (AvgIpc) is 3.45. The molecule has 41 heavy (non-hydrogen) atoms. The van der Waals surface area contributed by atoms with Gasteiger partial charge in [0.25, 0.3) is 0 Å². The van der Waals surface area contributed by atoms with Crippen molar-refractivity contribution in [3.63, 3.8) is 0 Å². The summed E-state index contributed by atoms with van der Waals surface area (Å²) in [6, 6.07) is 36.3. The molecule has 4 aromatic carbocycles. The van der Waals surface area contributed by atoms with Crippen LogP contribution < -0.4 is 0 Å². The molecule has 0 amide bonds. The van der Waals surface area contributed by atoms with E-state index < -0.39 is 0 Å². The lowest BCUT2D eigenvalue weighted by molar-refractivity contribution is 0.108. The van der Waals surface area contributed by atoms with Crippen molar-refractivity contribution in [1.29, 1.82) is 0 Å². The van der Waals surface area contributed by atoms with Crippen LogP contribution in [-0.4, -0.2) is 52.3 Å². The van der Waals surface area contributed by atoms with Crippen LogP contribution in [0.2, 0.25) is 0 Å². The standard InChI is InChI=1S/C35H34F2N4/c36-30-17-13-28(14-18-30)35(29-15-19-31(37)20-16-29)40-24-22-39(23-25-40)21-7-10-32-26-34(27-8-3-1-4-9-27)41(38-32)33-11-5-2-6-12-33/h1-6,8-9,11-20,26,35H,7,10,21-25H2. The smallest absolute Gasteiger partial charge is 0.123 e. The second kappa shape index (κ2) is 12.6. The summed E-state index contributed by atoms with van der Waals surface area (Å²) in [6.07, 6.45) is 1.94. The Morgan fingerprint density at radius 2 is 1.22 bits per heavy atom. The van der Waals surface area contributed by atoms with Crippen LogP contribution in [0, 0.1) is 11.6 Å². The molecule has 5 aromatic rings. The minimum absolute atomic E-state index is 0.0308. The van der Waals surface area contributed by atoms with Crippen molar-refractivity contribution in [3.8, 4) is 16.9 Å². The lowest BCUT2D eigenvalue weighted by Crippen LogP contribution is -2.48. The maximum atomic E-state index is 13.7. The summed E-state index contributed by atoms with van der Waals surface area (Å²) in [4.78, 5) is 4.93. The van der Waals surface area contributed by atoms with Crippen molar-refractivity contribution in [1.82, 2.24) is 19.6 Å². The molecular formula is C35H34F2N4. The average molecular weight is 549 g/mol. The van der Waals surface area contributed by atoms with Crippen LogP contribution in [-0.2, 0) is 6.42 Å². The lowest BCUT2D eigenvalue weighted by Gasteiger charge is -2.39. The molecule has 0 spiro atoms. The van der Waals surface area contributed by atoms with E-state index in [1.54, 1.807) is 0 Å². The lowest BCUT2D eigenvalue weighted by atomic mass is 9.96. The third-order valence-corrected chi connectivity index (χ3v) is 7.88. The first-order chi connectivity index (χ1) is 20.1. The molecular weight excluding hydrogens is 514 g/mol. The summed E-state index contributed by atoms with van der Waals surface area (Å²) < 4.78 is 29.4. The van der Waals surface area contributed by atoms with Crippen LogP contribution in [0.4, 0.5) is 8.78 Å². The van der Waals surface area contributed by atoms with Gasteiger partial charge in [0, 0.05) is 31.7 Å². The molecule has 1 saturated heterocycles. The highest BCUT2D eigenvalue weighted by Crippen LogP contribution is 2.30. The Morgan fingerprint density at radius 1 is 0.659 bits per heavy atom. The zero-order chi connectivity index (χ0) is 28.0.